The molecule has 0 spiro atoms. The maximum absolute atomic E-state index is 11.2. The van der Waals surface area contributed by atoms with Gasteiger partial charge in [-0.3, -0.25) is 9.78 Å². The fraction of sp³-hybridized carbons (Fsp3) is 0.375. The van der Waals surface area contributed by atoms with Gasteiger partial charge in [0.25, 0.3) is 0 Å². The van der Waals surface area contributed by atoms with Crippen LogP contribution in [-0.2, 0) is 0 Å². The minimum atomic E-state index is -0.502. The van der Waals surface area contributed by atoms with E-state index in [9.17, 15) is 4.79 Å². The molecule has 0 atom stereocenters. The summed E-state index contributed by atoms with van der Waals surface area (Å²) in [7, 11) is 0. The first kappa shape index (κ1) is 16.8. The van der Waals surface area contributed by atoms with Crippen LogP contribution in [0.25, 0.3) is 11.4 Å². The smallest absolute Gasteiger partial charge is 0.248 e. The first-order valence-corrected chi connectivity index (χ1v) is 7.57. The number of primary amides is 1. The Morgan fingerprint density at radius 2 is 1.96 bits per heavy atom. The molecule has 0 fully saturated rings. The lowest BCUT2D eigenvalue weighted by atomic mass is 10.2. The van der Waals surface area contributed by atoms with Gasteiger partial charge in [-0.25, -0.2) is 9.97 Å². The van der Waals surface area contributed by atoms with Gasteiger partial charge in [-0.15, -0.1) is 0 Å². The summed E-state index contributed by atoms with van der Waals surface area (Å²) in [5.41, 5.74) is 6.75. The number of ether oxygens (including phenoxy) is 1. The monoisotopic (exact) mass is 315 g/mol. The van der Waals surface area contributed by atoms with E-state index in [1.54, 1.807) is 24.5 Å². The van der Waals surface area contributed by atoms with Crippen molar-refractivity contribution < 1.29 is 9.53 Å². The predicted octanol–water partition coefficient (Wildman–Crippen LogP) is 1.36. The summed E-state index contributed by atoms with van der Waals surface area (Å²) in [6.07, 6.45) is 4.64. The second kappa shape index (κ2) is 8.19. The van der Waals surface area contributed by atoms with Crippen molar-refractivity contribution in [1.29, 1.82) is 0 Å². The molecule has 23 heavy (non-hydrogen) atoms. The maximum Gasteiger partial charge on any atom is 0.248 e. The molecule has 0 bridgehead atoms. The molecule has 0 aliphatic heterocycles. The maximum atomic E-state index is 11.2. The second-order valence-electron chi connectivity index (χ2n) is 4.91. The molecule has 2 heterocycles. The van der Waals surface area contributed by atoms with Crippen LogP contribution in [0.2, 0.25) is 0 Å². The van der Waals surface area contributed by atoms with Crippen LogP contribution in [0.15, 0.2) is 30.7 Å². The van der Waals surface area contributed by atoms with E-state index in [0.29, 0.717) is 29.4 Å². The van der Waals surface area contributed by atoms with Crippen LogP contribution >= 0.6 is 0 Å². The Morgan fingerprint density at radius 1 is 1.17 bits per heavy atom. The third-order valence-corrected chi connectivity index (χ3v) is 3.49. The predicted molar refractivity (Wildman–Crippen MR) is 87.1 cm³/mol. The minimum Gasteiger partial charge on any atom is -0.475 e. The third kappa shape index (κ3) is 4.72. The zero-order valence-electron chi connectivity index (χ0n) is 13.4. The SMILES string of the molecule is CCN(CC)CCOc1cnc(-c2cc(C(N)=O)ccn2)cn1. The number of hydrogen-bond donors (Lipinski definition) is 1. The molecule has 0 radical (unpaired) electrons. The number of carbonyl (C=O) groups is 1. The number of pyridine rings is 1. The van der Waals surface area contributed by atoms with E-state index in [1.165, 1.54) is 6.20 Å². The molecule has 0 aliphatic carbocycles. The van der Waals surface area contributed by atoms with Crippen molar-refractivity contribution in [3.63, 3.8) is 0 Å². The van der Waals surface area contributed by atoms with E-state index in [1.807, 2.05) is 0 Å². The van der Waals surface area contributed by atoms with Crippen LogP contribution in [0.1, 0.15) is 24.2 Å². The Morgan fingerprint density at radius 3 is 2.57 bits per heavy atom. The van der Waals surface area contributed by atoms with Crippen molar-refractivity contribution in [2.75, 3.05) is 26.2 Å². The molecular formula is C16H21N5O2. The van der Waals surface area contributed by atoms with E-state index >= 15 is 0 Å². The van der Waals surface area contributed by atoms with Gasteiger partial charge in [-0.05, 0) is 25.2 Å². The summed E-state index contributed by atoms with van der Waals surface area (Å²) in [5, 5.41) is 0. The Kier molecular flexibility index (Phi) is 5.99. The Hall–Kier alpha value is -2.54. The van der Waals surface area contributed by atoms with Crippen molar-refractivity contribution in [2.24, 2.45) is 5.73 Å². The summed E-state index contributed by atoms with van der Waals surface area (Å²) in [6, 6.07) is 3.15. The highest BCUT2D eigenvalue weighted by Gasteiger charge is 2.07. The van der Waals surface area contributed by atoms with Gasteiger partial charge in [0.1, 0.15) is 12.3 Å². The lowest BCUT2D eigenvalue weighted by Gasteiger charge is -2.17. The number of likely N-dealkylation sites (N-methyl/N-ethyl adjacent to an activating group) is 1. The first-order chi connectivity index (χ1) is 11.1. The van der Waals surface area contributed by atoms with Gasteiger partial charge in [0.2, 0.25) is 11.8 Å². The second-order valence-corrected chi connectivity index (χ2v) is 4.91. The van der Waals surface area contributed by atoms with Crippen molar-refractivity contribution >= 4 is 5.91 Å². The van der Waals surface area contributed by atoms with Crippen molar-refractivity contribution in [3.05, 3.63) is 36.3 Å². The topological polar surface area (TPSA) is 94.2 Å². The van der Waals surface area contributed by atoms with E-state index in [4.69, 9.17) is 10.5 Å². The molecule has 0 saturated heterocycles. The molecule has 2 aromatic heterocycles. The van der Waals surface area contributed by atoms with Crippen LogP contribution in [0.5, 0.6) is 5.88 Å². The average molecular weight is 315 g/mol. The Bertz CT molecular complexity index is 641. The van der Waals surface area contributed by atoms with E-state index < -0.39 is 5.91 Å². The fourth-order valence-electron chi connectivity index (χ4n) is 2.07. The molecule has 2 N–H and O–H groups in total. The van der Waals surface area contributed by atoms with Crippen molar-refractivity contribution in [3.8, 4) is 17.3 Å². The molecule has 1 amide bonds. The normalized spacial score (nSPS) is 10.7. The van der Waals surface area contributed by atoms with Gasteiger partial charge in [-0.2, -0.15) is 0 Å². The molecule has 0 saturated carbocycles. The van der Waals surface area contributed by atoms with Crippen LogP contribution in [-0.4, -0.2) is 52.0 Å². The molecule has 0 unspecified atom stereocenters. The van der Waals surface area contributed by atoms with E-state index in [2.05, 4.69) is 33.7 Å². The summed E-state index contributed by atoms with van der Waals surface area (Å²) < 4.78 is 5.58. The van der Waals surface area contributed by atoms with Crippen LogP contribution in [0.3, 0.4) is 0 Å². The highest BCUT2D eigenvalue weighted by Crippen LogP contribution is 2.16. The Balaban J connectivity index is 1.99. The average Bonchev–Trinajstić information content (AvgIpc) is 2.59. The molecule has 2 rings (SSSR count). The standard InChI is InChI=1S/C16H21N5O2/c1-3-21(4-2)7-8-23-15-11-19-14(10-20-15)13-9-12(16(17)22)5-6-18-13/h5-6,9-11H,3-4,7-8H2,1-2H3,(H2,17,22). The summed E-state index contributed by atoms with van der Waals surface area (Å²) in [4.78, 5) is 26.1. The number of nitrogens with two attached hydrogens (primary N) is 1. The molecule has 7 nitrogen and oxygen atoms in total. The molecule has 122 valence electrons. The number of amides is 1. The van der Waals surface area contributed by atoms with Crippen molar-refractivity contribution in [2.45, 2.75) is 13.8 Å². The van der Waals surface area contributed by atoms with Gasteiger partial charge in [0.05, 0.1) is 18.1 Å². The number of hydrogen-bond acceptors (Lipinski definition) is 6. The van der Waals surface area contributed by atoms with Gasteiger partial charge in [-0.1, -0.05) is 13.8 Å². The van der Waals surface area contributed by atoms with Gasteiger partial charge in [0, 0.05) is 18.3 Å². The van der Waals surface area contributed by atoms with Crippen LogP contribution in [0, 0.1) is 0 Å². The summed E-state index contributed by atoms with van der Waals surface area (Å²) in [6.45, 7) is 7.62. The molecule has 0 aromatic carbocycles. The van der Waals surface area contributed by atoms with Gasteiger partial charge < -0.3 is 15.4 Å². The van der Waals surface area contributed by atoms with Crippen LogP contribution < -0.4 is 10.5 Å². The van der Waals surface area contributed by atoms with E-state index in [0.717, 1.165) is 19.6 Å². The quantitative estimate of drug-likeness (QED) is 0.790. The zero-order valence-corrected chi connectivity index (χ0v) is 13.4. The largest absolute Gasteiger partial charge is 0.475 e. The summed E-state index contributed by atoms with van der Waals surface area (Å²) >= 11 is 0. The van der Waals surface area contributed by atoms with Crippen molar-refractivity contribution in [1.82, 2.24) is 19.9 Å². The first-order valence-electron chi connectivity index (χ1n) is 7.57. The number of carbonyl (C=O) groups excluding carboxylic acids is 1. The van der Waals surface area contributed by atoms with E-state index in [-0.39, 0.29) is 0 Å². The van der Waals surface area contributed by atoms with Gasteiger partial charge in [0.15, 0.2) is 0 Å². The number of nitrogens with zero attached hydrogens (tertiary/aromatic N) is 4. The lowest BCUT2D eigenvalue weighted by Crippen LogP contribution is -2.28. The number of rotatable bonds is 8. The Labute approximate surface area is 135 Å². The third-order valence-electron chi connectivity index (χ3n) is 3.49. The van der Waals surface area contributed by atoms with Gasteiger partial charge >= 0.3 is 0 Å². The minimum absolute atomic E-state index is 0.386. The highest BCUT2D eigenvalue weighted by atomic mass is 16.5. The molecule has 7 heteroatoms. The molecule has 0 aliphatic rings. The molecule has 2 aromatic rings. The highest BCUT2D eigenvalue weighted by molar-refractivity contribution is 5.93. The zero-order chi connectivity index (χ0) is 16.7. The van der Waals surface area contributed by atoms with Crippen LogP contribution in [0.4, 0.5) is 0 Å². The molecular weight excluding hydrogens is 294 g/mol. The summed E-state index contributed by atoms with van der Waals surface area (Å²) in [5.74, 6) is -0.0371. The lowest BCUT2D eigenvalue weighted by molar-refractivity contribution is 0.1000. The fourth-order valence-corrected chi connectivity index (χ4v) is 2.07. The number of aromatic nitrogens is 3.